The fraction of sp³-hybridized carbons (Fsp3) is 0.526. The number of rotatable bonds is 5. The molecule has 4 N–H and O–H groups in total. The van der Waals surface area contributed by atoms with Crippen LogP contribution in [0, 0.1) is 12.3 Å². The van der Waals surface area contributed by atoms with Gasteiger partial charge in [0.05, 0.1) is 0 Å². The van der Waals surface area contributed by atoms with Crippen molar-refractivity contribution in [1.82, 2.24) is 5.32 Å². The number of hydrogen-bond acceptors (Lipinski definition) is 4. The number of hydrogen-bond donors (Lipinski definition) is 3. The number of amidine groups is 1. The van der Waals surface area contributed by atoms with Crippen molar-refractivity contribution in [3.63, 3.8) is 0 Å². The average molecular weight is 345 g/mol. The number of esters is 1. The van der Waals surface area contributed by atoms with E-state index in [1.54, 1.807) is 18.2 Å². The predicted molar refractivity (Wildman–Crippen MR) is 96.7 cm³/mol. The van der Waals surface area contributed by atoms with Crippen LogP contribution in [-0.2, 0) is 9.53 Å². The monoisotopic (exact) mass is 345 g/mol. The average Bonchev–Trinajstić information content (AvgIpc) is 2.56. The molecule has 0 bridgehead atoms. The molecule has 1 aromatic rings. The summed E-state index contributed by atoms with van der Waals surface area (Å²) in [6.07, 6.45) is 3.89. The van der Waals surface area contributed by atoms with Crippen LogP contribution in [0.25, 0.3) is 0 Å². The first-order valence-corrected chi connectivity index (χ1v) is 8.72. The number of benzene rings is 1. The van der Waals surface area contributed by atoms with Gasteiger partial charge in [-0.2, -0.15) is 0 Å². The summed E-state index contributed by atoms with van der Waals surface area (Å²) in [6.45, 7) is 5.31. The molecule has 0 aromatic heterocycles. The molecule has 0 atom stereocenters. The molecule has 1 amide bonds. The zero-order valence-corrected chi connectivity index (χ0v) is 15.1. The van der Waals surface area contributed by atoms with Crippen LogP contribution in [0.5, 0.6) is 0 Å². The van der Waals surface area contributed by atoms with Crippen LogP contribution >= 0.6 is 0 Å². The maximum absolute atomic E-state index is 12.5. The molecule has 0 heterocycles. The second-order valence-electron chi connectivity index (χ2n) is 6.82. The van der Waals surface area contributed by atoms with Crippen molar-refractivity contribution in [2.24, 2.45) is 5.73 Å². The molecule has 1 saturated carbocycles. The highest BCUT2D eigenvalue weighted by molar-refractivity contribution is 5.99. The number of nitrogens with two attached hydrogens (primary N) is 1. The van der Waals surface area contributed by atoms with E-state index in [9.17, 15) is 9.59 Å². The van der Waals surface area contributed by atoms with Gasteiger partial charge in [-0.25, -0.2) is 0 Å². The highest BCUT2D eigenvalue weighted by Gasteiger charge is 2.37. The van der Waals surface area contributed by atoms with Crippen LogP contribution in [0.2, 0.25) is 0 Å². The van der Waals surface area contributed by atoms with E-state index in [-0.39, 0.29) is 29.4 Å². The van der Waals surface area contributed by atoms with E-state index in [2.05, 4.69) is 5.32 Å². The lowest BCUT2D eigenvalue weighted by Gasteiger charge is -2.39. The van der Waals surface area contributed by atoms with Gasteiger partial charge in [-0.05, 0) is 56.7 Å². The van der Waals surface area contributed by atoms with Gasteiger partial charge >= 0.3 is 5.97 Å². The molecule has 0 saturated heterocycles. The minimum Gasteiger partial charge on any atom is -0.459 e. The number of carbonyl (C=O) groups excluding carboxylic acids is 2. The Hall–Kier alpha value is -2.37. The van der Waals surface area contributed by atoms with Gasteiger partial charge in [-0.15, -0.1) is 0 Å². The largest absolute Gasteiger partial charge is 0.459 e. The van der Waals surface area contributed by atoms with E-state index in [1.165, 1.54) is 6.92 Å². The first kappa shape index (κ1) is 19.0. The molecule has 0 spiro atoms. The Balaban J connectivity index is 1.99. The summed E-state index contributed by atoms with van der Waals surface area (Å²) in [5.41, 5.74) is 7.10. The summed E-state index contributed by atoms with van der Waals surface area (Å²) in [5, 5.41) is 10.5. The van der Waals surface area contributed by atoms with Crippen molar-refractivity contribution < 1.29 is 14.3 Å². The smallest absolute Gasteiger partial charge is 0.303 e. The lowest BCUT2D eigenvalue weighted by atomic mass is 9.80. The van der Waals surface area contributed by atoms with Crippen LogP contribution in [0.1, 0.15) is 67.4 Å². The van der Waals surface area contributed by atoms with E-state index in [4.69, 9.17) is 15.9 Å². The molecule has 1 fully saturated rings. The normalized spacial score (nSPS) is 22.9. The van der Waals surface area contributed by atoms with Crippen LogP contribution in [0.3, 0.4) is 0 Å². The summed E-state index contributed by atoms with van der Waals surface area (Å²) >= 11 is 0. The number of ether oxygens (including phenoxy) is 1. The van der Waals surface area contributed by atoms with Crippen molar-refractivity contribution in [1.29, 1.82) is 5.41 Å². The highest BCUT2D eigenvalue weighted by atomic mass is 16.6. The molecular weight excluding hydrogens is 318 g/mol. The maximum Gasteiger partial charge on any atom is 0.303 e. The van der Waals surface area contributed by atoms with Crippen molar-refractivity contribution in [2.75, 3.05) is 0 Å². The zero-order chi connectivity index (χ0) is 18.6. The number of nitrogen functional groups attached to an aromatic ring is 1. The molecule has 0 radical (unpaired) electrons. The van der Waals surface area contributed by atoms with Gasteiger partial charge < -0.3 is 15.8 Å². The number of amides is 1. The van der Waals surface area contributed by atoms with E-state index in [1.807, 2.05) is 13.8 Å². The van der Waals surface area contributed by atoms with Gasteiger partial charge in [0.25, 0.3) is 5.91 Å². The SMILES string of the molecule is CCC1(OC(C)=O)CCC(NC(=O)c2ccc(C(=N)N)cc2C)CC1. The lowest BCUT2D eigenvalue weighted by molar-refractivity contribution is -0.161. The van der Waals surface area contributed by atoms with E-state index >= 15 is 0 Å². The lowest BCUT2D eigenvalue weighted by Crippen LogP contribution is -2.45. The van der Waals surface area contributed by atoms with Crippen LogP contribution < -0.4 is 11.1 Å². The Morgan fingerprint density at radius 2 is 2.00 bits per heavy atom. The molecule has 6 nitrogen and oxygen atoms in total. The summed E-state index contributed by atoms with van der Waals surface area (Å²) < 4.78 is 5.54. The van der Waals surface area contributed by atoms with Gasteiger partial charge in [-0.3, -0.25) is 15.0 Å². The van der Waals surface area contributed by atoms with Crippen molar-refractivity contribution in [3.05, 3.63) is 34.9 Å². The Morgan fingerprint density at radius 1 is 1.36 bits per heavy atom. The van der Waals surface area contributed by atoms with Gasteiger partial charge in [-0.1, -0.05) is 13.0 Å². The summed E-state index contributed by atoms with van der Waals surface area (Å²) in [4.78, 5) is 23.9. The fourth-order valence-corrected chi connectivity index (χ4v) is 3.47. The second kappa shape index (κ2) is 7.68. The van der Waals surface area contributed by atoms with Crippen LogP contribution in [0.4, 0.5) is 0 Å². The molecule has 1 aliphatic rings. The van der Waals surface area contributed by atoms with Crippen molar-refractivity contribution in [3.8, 4) is 0 Å². The molecule has 0 unspecified atom stereocenters. The fourth-order valence-electron chi connectivity index (χ4n) is 3.47. The molecular formula is C19H27N3O3. The van der Waals surface area contributed by atoms with E-state index in [0.717, 1.165) is 37.7 Å². The Morgan fingerprint density at radius 3 is 2.48 bits per heavy atom. The standard InChI is InChI=1S/C19H27N3O3/c1-4-19(25-13(3)23)9-7-15(8-10-19)22-18(24)16-6-5-14(17(20)21)11-12(16)2/h5-6,11,15H,4,7-10H2,1-3H3,(H3,20,21)(H,22,24). The molecule has 1 aliphatic carbocycles. The minimum atomic E-state index is -0.383. The summed E-state index contributed by atoms with van der Waals surface area (Å²) in [7, 11) is 0. The van der Waals surface area contributed by atoms with Gasteiger partial charge in [0, 0.05) is 24.1 Å². The molecule has 1 aromatic carbocycles. The van der Waals surface area contributed by atoms with E-state index < -0.39 is 0 Å². The topological polar surface area (TPSA) is 105 Å². The highest BCUT2D eigenvalue weighted by Crippen LogP contribution is 2.34. The van der Waals surface area contributed by atoms with Crippen LogP contribution in [-0.4, -0.2) is 29.4 Å². The summed E-state index contributed by atoms with van der Waals surface area (Å²) in [5.74, 6) is -0.372. The Kier molecular flexibility index (Phi) is 5.82. The molecule has 136 valence electrons. The van der Waals surface area contributed by atoms with Gasteiger partial charge in [0.1, 0.15) is 11.4 Å². The predicted octanol–water partition coefficient (Wildman–Crippen LogP) is 2.66. The minimum absolute atomic E-state index is 0.0104. The third-order valence-electron chi connectivity index (χ3n) is 5.02. The number of aryl methyl sites for hydroxylation is 1. The summed E-state index contributed by atoms with van der Waals surface area (Å²) in [6, 6.07) is 5.23. The Bertz CT molecular complexity index is 676. The Labute approximate surface area is 148 Å². The molecule has 25 heavy (non-hydrogen) atoms. The first-order chi connectivity index (χ1) is 11.8. The third kappa shape index (κ3) is 4.59. The second-order valence-corrected chi connectivity index (χ2v) is 6.82. The number of nitrogens with one attached hydrogen (secondary N) is 2. The molecule has 6 heteroatoms. The number of carbonyl (C=O) groups is 2. The zero-order valence-electron chi connectivity index (χ0n) is 15.1. The van der Waals surface area contributed by atoms with Gasteiger partial charge in [0.2, 0.25) is 0 Å². The van der Waals surface area contributed by atoms with Gasteiger partial charge in [0.15, 0.2) is 0 Å². The first-order valence-electron chi connectivity index (χ1n) is 8.72. The molecule has 2 rings (SSSR count). The van der Waals surface area contributed by atoms with Crippen molar-refractivity contribution in [2.45, 2.75) is 64.5 Å². The van der Waals surface area contributed by atoms with Crippen molar-refractivity contribution >= 4 is 17.7 Å². The maximum atomic E-state index is 12.5. The third-order valence-corrected chi connectivity index (χ3v) is 5.02. The molecule has 0 aliphatic heterocycles. The quantitative estimate of drug-likeness (QED) is 0.433. The van der Waals surface area contributed by atoms with Crippen LogP contribution in [0.15, 0.2) is 18.2 Å². The van der Waals surface area contributed by atoms with E-state index in [0.29, 0.717) is 11.1 Å².